The van der Waals surface area contributed by atoms with Gasteiger partial charge in [-0.3, -0.25) is 19.3 Å². The van der Waals surface area contributed by atoms with Gasteiger partial charge in [0.25, 0.3) is 11.1 Å². The Labute approximate surface area is 182 Å². The number of aromatic carboxylic acids is 1. The summed E-state index contributed by atoms with van der Waals surface area (Å²) in [6.07, 6.45) is 1.54. The molecule has 0 unspecified atom stereocenters. The first kappa shape index (κ1) is 22.1. The van der Waals surface area contributed by atoms with Crippen LogP contribution in [0.3, 0.4) is 0 Å². The third-order valence-electron chi connectivity index (χ3n) is 4.27. The Morgan fingerprint density at radius 1 is 1.10 bits per heavy atom. The van der Waals surface area contributed by atoms with Gasteiger partial charge in [0.05, 0.1) is 17.1 Å². The molecule has 0 radical (unpaired) electrons. The smallest absolute Gasteiger partial charge is 0.335 e. The van der Waals surface area contributed by atoms with Crippen molar-refractivity contribution in [2.45, 2.75) is 13.5 Å². The third-order valence-corrected chi connectivity index (χ3v) is 5.17. The van der Waals surface area contributed by atoms with E-state index in [2.05, 4.69) is 0 Å². The second kappa shape index (κ2) is 9.94. The van der Waals surface area contributed by atoms with Gasteiger partial charge in [-0.2, -0.15) is 0 Å². The number of rotatable bonds is 8. The first-order valence-corrected chi connectivity index (χ1v) is 10.2. The molecule has 1 aliphatic heterocycles. The monoisotopic (exact) mass is 441 g/mol. The second-order valence-corrected chi connectivity index (χ2v) is 7.39. The molecule has 2 aromatic carbocycles. The molecule has 0 atom stereocenters. The van der Waals surface area contributed by atoms with Gasteiger partial charge in [-0.05, 0) is 48.5 Å². The van der Waals surface area contributed by atoms with Crippen LogP contribution in [0.15, 0.2) is 53.4 Å². The van der Waals surface area contributed by atoms with Crippen LogP contribution in [0, 0.1) is 0 Å². The number of imide groups is 1. The highest BCUT2D eigenvalue weighted by molar-refractivity contribution is 8.18. The molecule has 0 saturated carbocycles. The highest BCUT2D eigenvalue weighted by Crippen LogP contribution is 2.34. The fourth-order valence-electron chi connectivity index (χ4n) is 2.75. The van der Waals surface area contributed by atoms with Crippen LogP contribution < -0.4 is 4.74 Å². The van der Waals surface area contributed by atoms with Crippen LogP contribution in [0.4, 0.5) is 4.79 Å². The van der Waals surface area contributed by atoms with E-state index in [9.17, 15) is 19.2 Å². The molecule has 1 fully saturated rings. The van der Waals surface area contributed by atoms with Gasteiger partial charge in [0.15, 0.2) is 0 Å². The number of thioether (sulfide) groups is 1. The zero-order valence-corrected chi connectivity index (χ0v) is 17.4. The lowest BCUT2D eigenvalue weighted by Gasteiger charge is -2.11. The zero-order valence-electron chi connectivity index (χ0n) is 16.6. The average Bonchev–Trinajstić information content (AvgIpc) is 3.01. The van der Waals surface area contributed by atoms with Gasteiger partial charge in [0, 0.05) is 5.56 Å². The number of carbonyl (C=O) groups excluding carboxylic acids is 3. The van der Waals surface area contributed by atoms with Crippen LogP contribution in [-0.4, -0.2) is 46.2 Å². The molecule has 3 rings (SSSR count). The number of carboxylic acids is 1. The molecule has 0 aliphatic carbocycles. The number of esters is 1. The maximum atomic E-state index is 12.6. The SMILES string of the molecule is CCOC(=O)CN1C(=O)S/C(=C/c2ccccc2OCc2ccc(C(=O)O)cc2)C1=O. The maximum absolute atomic E-state index is 12.6. The predicted octanol–water partition coefficient (Wildman–Crippen LogP) is 3.56. The first-order chi connectivity index (χ1) is 14.9. The fraction of sp³-hybridized carbons (Fsp3) is 0.182. The predicted molar refractivity (Wildman–Crippen MR) is 113 cm³/mol. The Morgan fingerprint density at radius 2 is 1.81 bits per heavy atom. The average molecular weight is 441 g/mol. The van der Waals surface area contributed by atoms with E-state index in [-0.39, 0.29) is 23.7 Å². The fourth-order valence-corrected chi connectivity index (χ4v) is 3.58. The Morgan fingerprint density at radius 3 is 2.48 bits per heavy atom. The largest absolute Gasteiger partial charge is 0.488 e. The van der Waals surface area contributed by atoms with Crippen LogP contribution in [0.5, 0.6) is 5.75 Å². The summed E-state index contributed by atoms with van der Waals surface area (Å²) >= 11 is 0.744. The van der Waals surface area contributed by atoms with Crippen LogP contribution in [-0.2, 0) is 20.9 Å². The van der Waals surface area contributed by atoms with Crippen LogP contribution in [0.2, 0.25) is 0 Å². The van der Waals surface area contributed by atoms with Crippen LogP contribution in [0.1, 0.15) is 28.4 Å². The summed E-state index contributed by atoms with van der Waals surface area (Å²) in [5, 5.41) is 8.43. The lowest BCUT2D eigenvalue weighted by Crippen LogP contribution is -2.34. The third kappa shape index (κ3) is 5.52. The number of para-hydroxylation sites is 1. The molecule has 0 aromatic heterocycles. The minimum Gasteiger partial charge on any atom is -0.488 e. The highest BCUT2D eigenvalue weighted by atomic mass is 32.2. The Kier molecular flexibility index (Phi) is 7.09. The van der Waals surface area contributed by atoms with E-state index in [1.54, 1.807) is 49.4 Å². The number of carbonyl (C=O) groups is 4. The lowest BCUT2D eigenvalue weighted by molar-refractivity contribution is -0.145. The van der Waals surface area contributed by atoms with Gasteiger partial charge >= 0.3 is 11.9 Å². The summed E-state index contributed by atoms with van der Waals surface area (Å²) in [6.45, 7) is 1.56. The quantitative estimate of drug-likeness (QED) is 0.489. The summed E-state index contributed by atoms with van der Waals surface area (Å²) in [5.41, 5.74) is 1.54. The normalized spacial score (nSPS) is 14.7. The van der Waals surface area contributed by atoms with Crippen molar-refractivity contribution in [3.05, 3.63) is 70.1 Å². The van der Waals surface area contributed by atoms with E-state index in [1.807, 2.05) is 0 Å². The number of benzene rings is 2. The number of hydrogen-bond acceptors (Lipinski definition) is 7. The maximum Gasteiger partial charge on any atom is 0.335 e. The number of carboxylic acid groups (broad SMARTS) is 1. The van der Waals surface area contributed by atoms with E-state index in [0.717, 1.165) is 22.2 Å². The number of amides is 2. The molecule has 31 heavy (non-hydrogen) atoms. The molecule has 2 amide bonds. The molecule has 1 saturated heterocycles. The molecule has 0 bridgehead atoms. The molecule has 1 N–H and O–H groups in total. The molecular formula is C22H19NO7S. The summed E-state index contributed by atoms with van der Waals surface area (Å²) in [6, 6.07) is 13.3. The number of hydrogen-bond donors (Lipinski definition) is 1. The van der Waals surface area contributed by atoms with Gasteiger partial charge in [0.1, 0.15) is 18.9 Å². The Balaban J connectivity index is 1.73. The van der Waals surface area contributed by atoms with Crippen molar-refractivity contribution in [2.75, 3.05) is 13.2 Å². The van der Waals surface area contributed by atoms with Crippen molar-refractivity contribution in [1.82, 2.24) is 4.90 Å². The standard InChI is InChI=1S/C22H19NO7S/c1-2-29-19(24)12-23-20(25)18(31-22(23)28)11-16-5-3-4-6-17(16)30-13-14-7-9-15(10-8-14)21(26)27/h3-11H,2,12-13H2,1H3,(H,26,27)/b18-11+. The van der Waals surface area contributed by atoms with Crippen molar-refractivity contribution >= 4 is 40.9 Å². The number of nitrogens with zero attached hydrogens (tertiary/aromatic N) is 1. The Bertz CT molecular complexity index is 1050. The minimum atomic E-state index is -1.00. The molecule has 1 heterocycles. The molecule has 1 aliphatic rings. The molecule has 8 nitrogen and oxygen atoms in total. The van der Waals surface area contributed by atoms with Gasteiger partial charge in [0.2, 0.25) is 0 Å². The molecule has 0 spiro atoms. The van der Waals surface area contributed by atoms with Gasteiger partial charge in [-0.25, -0.2) is 4.79 Å². The van der Waals surface area contributed by atoms with Crippen LogP contribution >= 0.6 is 11.8 Å². The topological polar surface area (TPSA) is 110 Å². The summed E-state index contributed by atoms with van der Waals surface area (Å²) in [5.74, 6) is -1.73. The van der Waals surface area contributed by atoms with E-state index >= 15 is 0 Å². The van der Waals surface area contributed by atoms with Gasteiger partial charge < -0.3 is 14.6 Å². The molecule has 160 valence electrons. The van der Waals surface area contributed by atoms with Gasteiger partial charge in [-0.15, -0.1) is 0 Å². The second-order valence-electron chi connectivity index (χ2n) is 6.40. The van der Waals surface area contributed by atoms with Crippen molar-refractivity contribution in [3.63, 3.8) is 0 Å². The van der Waals surface area contributed by atoms with E-state index in [0.29, 0.717) is 11.3 Å². The van der Waals surface area contributed by atoms with Crippen molar-refractivity contribution in [1.29, 1.82) is 0 Å². The lowest BCUT2D eigenvalue weighted by atomic mass is 10.1. The van der Waals surface area contributed by atoms with Crippen molar-refractivity contribution in [2.24, 2.45) is 0 Å². The molecular weight excluding hydrogens is 422 g/mol. The molecule has 9 heteroatoms. The highest BCUT2D eigenvalue weighted by Gasteiger charge is 2.36. The Hall–Kier alpha value is -3.59. The first-order valence-electron chi connectivity index (χ1n) is 9.34. The number of ether oxygens (including phenoxy) is 2. The van der Waals surface area contributed by atoms with E-state index in [1.165, 1.54) is 12.1 Å². The van der Waals surface area contributed by atoms with E-state index in [4.69, 9.17) is 14.6 Å². The van der Waals surface area contributed by atoms with Gasteiger partial charge in [-0.1, -0.05) is 30.3 Å². The van der Waals surface area contributed by atoms with Crippen molar-refractivity contribution < 1.29 is 33.8 Å². The molecule has 2 aromatic rings. The minimum absolute atomic E-state index is 0.161. The summed E-state index contributed by atoms with van der Waals surface area (Å²) < 4.78 is 10.6. The summed E-state index contributed by atoms with van der Waals surface area (Å²) in [7, 11) is 0. The zero-order chi connectivity index (χ0) is 22.4. The van der Waals surface area contributed by atoms with E-state index < -0.39 is 29.6 Å². The van der Waals surface area contributed by atoms with Crippen LogP contribution in [0.25, 0.3) is 6.08 Å². The summed E-state index contributed by atoms with van der Waals surface area (Å²) in [4.78, 5) is 48.3. The van der Waals surface area contributed by atoms with Crippen molar-refractivity contribution in [3.8, 4) is 5.75 Å².